The van der Waals surface area contributed by atoms with Gasteiger partial charge in [0.1, 0.15) is 18.4 Å². The summed E-state index contributed by atoms with van der Waals surface area (Å²) in [4.78, 5) is 37.2. The molecule has 10 heteroatoms. The molecule has 1 unspecified atom stereocenters. The molecule has 1 fully saturated rings. The normalized spacial score (nSPS) is 14.8. The van der Waals surface area contributed by atoms with Crippen molar-refractivity contribution < 1.29 is 32.6 Å². The van der Waals surface area contributed by atoms with E-state index in [0.29, 0.717) is 40.3 Å². The highest BCUT2D eigenvalue weighted by atomic mass is 32.2. The van der Waals surface area contributed by atoms with Crippen molar-refractivity contribution >= 4 is 29.6 Å². The molecule has 0 bridgehead atoms. The van der Waals surface area contributed by atoms with Gasteiger partial charge in [0.25, 0.3) is 0 Å². The first-order valence-electron chi connectivity index (χ1n) is 11.4. The maximum Gasteiger partial charge on any atom is 0.345 e. The number of nitrogens with one attached hydrogen (secondary N) is 1. The number of hydrogen-bond donors (Lipinski definition) is 2. The molecule has 0 aromatic heterocycles. The third kappa shape index (κ3) is 6.33. The van der Waals surface area contributed by atoms with Crippen LogP contribution in [0.5, 0.6) is 5.75 Å². The number of thioether (sulfide) groups is 1. The lowest BCUT2D eigenvalue weighted by atomic mass is 10.0. The largest absolute Gasteiger partial charge is 0.489 e. The van der Waals surface area contributed by atoms with E-state index in [1.807, 2.05) is 0 Å². The molecule has 0 spiro atoms. The van der Waals surface area contributed by atoms with Crippen LogP contribution < -0.4 is 15.8 Å². The average Bonchev–Trinajstić information content (AvgIpc) is 3.44. The van der Waals surface area contributed by atoms with Gasteiger partial charge in [0.15, 0.2) is 11.6 Å². The molecule has 0 aliphatic carbocycles. The number of carbonyl (C=O) groups excluding carboxylic acids is 3. The Kier molecular flexibility index (Phi) is 8.20. The highest BCUT2D eigenvalue weighted by Gasteiger charge is 2.26. The first kappa shape index (κ1) is 26.3. The summed E-state index contributed by atoms with van der Waals surface area (Å²) in [5.74, 6) is -3.68. The van der Waals surface area contributed by atoms with Gasteiger partial charge in [-0.05, 0) is 84.8 Å². The number of rotatable bonds is 8. The van der Waals surface area contributed by atoms with E-state index in [1.165, 1.54) is 30.0 Å². The van der Waals surface area contributed by atoms with Gasteiger partial charge in [0.05, 0.1) is 5.56 Å². The van der Waals surface area contributed by atoms with Crippen molar-refractivity contribution in [2.45, 2.75) is 30.4 Å². The number of benzene rings is 3. The zero-order chi connectivity index (χ0) is 26.5. The number of hydrogen-bond acceptors (Lipinski definition) is 7. The van der Waals surface area contributed by atoms with E-state index in [9.17, 15) is 23.2 Å². The van der Waals surface area contributed by atoms with E-state index >= 15 is 0 Å². The molecular formula is C27H24F2N2O5S. The van der Waals surface area contributed by atoms with Crippen LogP contribution >= 0.6 is 11.8 Å². The minimum atomic E-state index is -0.932. The molecule has 1 aliphatic heterocycles. The van der Waals surface area contributed by atoms with E-state index in [-0.39, 0.29) is 17.7 Å². The Morgan fingerprint density at radius 1 is 1.03 bits per heavy atom. The van der Waals surface area contributed by atoms with E-state index in [0.717, 1.165) is 18.6 Å². The second-order valence-electron chi connectivity index (χ2n) is 8.42. The lowest BCUT2D eigenvalue weighted by molar-refractivity contribution is -0.139. The topological polar surface area (TPSA) is 108 Å². The second kappa shape index (κ2) is 11.5. The van der Waals surface area contributed by atoms with Gasteiger partial charge in [-0.15, -0.1) is 11.8 Å². The monoisotopic (exact) mass is 526 g/mol. The lowest BCUT2D eigenvalue weighted by Crippen LogP contribution is -2.33. The Morgan fingerprint density at radius 3 is 2.38 bits per heavy atom. The molecule has 1 saturated heterocycles. The van der Waals surface area contributed by atoms with E-state index in [2.05, 4.69) is 5.32 Å². The fraction of sp³-hybridized carbons (Fsp3) is 0.222. The van der Waals surface area contributed by atoms with Crippen molar-refractivity contribution in [3.05, 3.63) is 82.9 Å². The summed E-state index contributed by atoms with van der Waals surface area (Å²) in [7, 11) is 0. The number of halogens is 2. The van der Waals surface area contributed by atoms with Gasteiger partial charge in [0, 0.05) is 10.5 Å². The Morgan fingerprint density at radius 2 is 1.73 bits per heavy atom. The smallest absolute Gasteiger partial charge is 0.345 e. The molecule has 1 aliphatic rings. The number of nitrogens with two attached hydrogens (primary N) is 1. The van der Waals surface area contributed by atoms with Gasteiger partial charge in [-0.25, -0.2) is 18.4 Å². The summed E-state index contributed by atoms with van der Waals surface area (Å²) in [5.41, 5.74) is 7.18. The van der Waals surface area contributed by atoms with Gasteiger partial charge >= 0.3 is 11.9 Å². The predicted molar refractivity (Wildman–Crippen MR) is 134 cm³/mol. The van der Waals surface area contributed by atoms with Crippen molar-refractivity contribution in [2.75, 3.05) is 12.8 Å². The van der Waals surface area contributed by atoms with Gasteiger partial charge in [-0.2, -0.15) is 0 Å². The standard InChI is InChI=1S/C27H24F2N2O5S/c1-37-24-13-22(29)21(28)12-20(24)16-4-6-19(7-5-16)35-14-15-9-17(25(30)32)11-18(10-15)26(33)36-27(34)23-3-2-8-31-23/h4-7,9-13,23,31H,2-3,8,14H2,1H3,(H2,30,32). The van der Waals surface area contributed by atoms with Crippen LogP contribution in [0.2, 0.25) is 0 Å². The molecule has 37 heavy (non-hydrogen) atoms. The van der Waals surface area contributed by atoms with Crippen LogP contribution in [0.4, 0.5) is 8.78 Å². The van der Waals surface area contributed by atoms with Crippen LogP contribution in [0, 0.1) is 11.6 Å². The summed E-state index contributed by atoms with van der Waals surface area (Å²) < 4.78 is 38.2. The molecule has 3 N–H and O–H groups in total. The molecule has 0 radical (unpaired) electrons. The van der Waals surface area contributed by atoms with Crippen LogP contribution in [-0.2, 0) is 16.1 Å². The van der Waals surface area contributed by atoms with Crippen molar-refractivity contribution in [3.63, 3.8) is 0 Å². The highest BCUT2D eigenvalue weighted by molar-refractivity contribution is 7.98. The van der Waals surface area contributed by atoms with Crippen molar-refractivity contribution in [1.29, 1.82) is 0 Å². The van der Waals surface area contributed by atoms with Gasteiger partial charge in [-0.3, -0.25) is 4.79 Å². The third-order valence-electron chi connectivity index (χ3n) is 5.86. The van der Waals surface area contributed by atoms with Gasteiger partial charge in [-0.1, -0.05) is 12.1 Å². The van der Waals surface area contributed by atoms with Crippen LogP contribution in [0.25, 0.3) is 11.1 Å². The van der Waals surface area contributed by atoms with E-state index in [1.54, 1.807) is 30.5 Å². The first-order valence-corrected chi connectivity index (χ1v) is 12.7. The summed E-state index contributed by atoms with van der Waals surface area (Å²) in [5, 5.41) is 2.96. The molecule has 192 valence electrons. The molecule has 1 heterocycles. The molecule has 4 rings (SSSR count). The summed E-state index contributed by atoms with van der Waals surface area (Å²) >= 11 is 1.30. The summed E-state index contributed by atoms with van der Waals surface area (Å²) in [6.45, 7) is 0.660. The van der Waals surface area contributed by atoms with Gasteiger partial charge < -0.3 is 20.5 Å². The molecule has 0 saturated carbocycles. The fourth-order valence-electron chi connectivity index (χ4n) is 3.96. The minimum absolute atomic E-state index is 0.000439. The number of carbonyl (C=O) groups is 3. The van der Waals surface area contributed by atoms with Crippen LogP contribution in [0.15, 0.2) is 59.5 Å². The quantitative estimate of drug-likeness (QED) is 0.253. The zero-order valence-electron chi connectivity index (χ0n) is 19.9. The van der Waals surface area contributed by atoms with Gasteiger partial charge in [0.2, 0.25) is 5.91 Å². The highest BCUT2D eigenvalue weighted by Crippen LogP contribution is 2.33. The van der Waals surface area contributed by atoms with Crippen LogP contribution in [0.1, 0.15) is 39.1 Å². The lowest BCUT2D eigenvalue weighted by Gasteiger charge is -2.12. The molecule has 3 aromatic rings. The van der Waals surface area contributed by atoms with Crippen molar-refractivity contribution in [1.82, 2.24) is 5.32 Å². The first-order chi connectivity index (χ1) is 17.7. The Hall–Kier alpha value is -3.76. The summed E-state index contributed by atoms with van der Waals surface area (Å²) in [6.07, 6.45) is 3.17. The molecule has 3 aromatic carbocycles. The number of esters is 2. The maximum absolute atomic E-state index is 13.8. The van der Waals surface area contributed by atoms with Crippen LogP contribution in [0.3, 0.4) is 0 Å². The minimum Gasteiger partial charge on any atom is -0.489 e. The van der Waals surface area contributed by atoms with Crippen LogP contribution in [-0.4, -0.2) is 36.7 Å². The zero-order valence-corrected chi connectivity index (χ0v) is 20.7. The Labute approximate surface area is 216 Å². The predicted octanol–water partition coefficient (Wildman–Crippen LogP) is 4.47. The number of amides is 1. The number of primary amides is 1. The van der Waals surface area contributed by atoms with Crippen molar-refractivity contribution in [3.8, 4) is 16.9 Å². The Bertz CT molecular complexity index is 1340. The SMILES string of the molecule is CSc1cc(F)c(F)cc1-c1ccc(OCc2cc(C(N)=O)cc(C(=O)OC(=O)C3CCCN3)c2)cc1. The third-order valence-corrected chi connectivity index (χ3v) is 6.64. The average molecular weight is 527 g/mol. The second-order valence-corrected chi connectivity index (χ2v) is 9.27. The molecular weight excluding hydrogens is 502 g/mol. The molecule has 1 atom stereocenters. The summed E-state index contributed by atoms with van der Waals surface area (Å²) in [6, 6.07) is 12.8. The Balaban J connectivity index is 1.48. The molecule has 1 amide bonds. The fourth-order valence-corrected chi connectivity index (χ4v) is 4.58. The number of ether oxygens (including phenoxy) is 2. The van der Waals surface area contributed by atoms with E-state index in [4.69, 9.17) is 15.2 Å². The van der Waals surface area contributed by atoms with E-state index < -0.39 is 35.5 Å². The maximum atomic E-state index is 13.8. The van der Waals surface area contributed by atoms with Crippen molar-refractivity contribution in [2.24, 2.45) is 5.73 Å². The molecule has 7 nitrogen and oxygen atoms in total.